The van der Waals surface area contributed by atoms with E-state index in [-0.39, 0.29) is 11.5 Å². The molecule has 38 heavy (non-hydrogen) atoms. The fraction of sp³-hybridized carbons (Fsp3) is 0.333. The van der Waals surface area contributed by atoms with Crippen LogP contribution in [-0.2, 0) is 32.9 Å². The maximum absolute atomic E-state index is 13.8. The number of rotatable bonds is 5. The lowest BCUT2D eigenvalue weighted by molar-refractivity contribution is 0.0964. The summed E-state index contributed by atoms with van der Waals surface area (Å²) in [7, 11) is 1.75. The number of anilines is 3. The molecule has 8 nitrogen and oxygen atoms in total. The molecule has 1 N–H and O–H groups in total. The Balaban J connectivity index is 1.39. The van der Waals surface area contributed by atoms with Crippen molar-refractivity contribution in [3.8, 4) is 11.1 Å². The van der Waals surface area contributed by atoms with Gasteiger partial charge in [0.25, 0.3) is 11.5 Å². The molecular weight excluding hydrogens is 476 g/mol. The monoisotopic (exact) mass is 508 g/mol. The SMILES string of the molecule is CCc1c(-c2cc(Nc3ccnc(C)n3)c(=O)n(C)c2)cccc1N1CCn2c(cc3c2CCCC3)C1=O. The van der Waals surface area contributed by atoms with Crippen LogP contribution < -0.4 is 15.8 Å². The molecule has 0 saturated heterocycles. The molecule has 1 aliphatic carbocycles. The third-order valence-corrected chi connectivity index (χ3v) is 7.75. The number of benzene rings is 1. The Bertz CT molecular complexity index is 1620. The van der Waals surface area contributed by atoms with Gasteiger partial charge in [0.1, 0.15) is 23.0 Å². The van der Waals surface area contributed by atoms with Crippen molar-refractivity contribution in [2.45, 2.75) is 52.5 Å². The van der Waals surface area contributed by atoms with Crippen LogP contribution in [0.1, 0.15) is 52.9 Å². The predicted octanol–water partition coefficient (Wildman–Crippen LogP) is 4.80. The number of carbonyl (C=O) groups is 1. The highest BCUT2D eigenvalue weighted by Crippen LogP contribution is 2.36. The minimum absolute atomic E-state index is 0.0689. The van der Waals surface area contributed by atoms with Crippen molar-refractivity contribution < 1.29 is 4.79 Å². The van der Waals surface area contributed by atoms with Crippen molar-refractivity contribution in [2.24, 2.45) is 7.05 Å². The fourth-order valence-electron chi connectivity index (χ4n) is 5.95. The Labute approximate surface area is 222 Å². The lowest BCUT2D eigenvalue weighted by Crippen LogP contribution is -2.41. The second-order valence-electron chi connectivity index (χ2n) is 10.1. The number of amides is 1. The zero-order valence-corrected chi connectivity index (χ0v) is 22.1. The Hall–Kier alpha value is -4.20. The van der Waals surface area contributed by atoms with E-state index in [2.05, 4.69) is 38.9 Å². The number of nitrogens with one attached hydrogen (secondary N) is 1. The van der Waals surface area contributed by atoms with Crippen LogP contribution in [0.15, 0.2) is 53.6 Å². The number of hydrogen-bond acceptors (Lipinski definition) is 5. The van der Waals surface area contributed by atoms with Crippen molar-refractivity contribution in [1.82, 2.24) is 19.1 Å². The van der Waals surface area contributed by atoms with Crippen LogP contribution in [0.5, 0.6) is 0 Å². The number of hydrogen-bond donors (Lipinski definition) is 1. The Morgan fingerprint density at radius 2 is 1.89 bits per heavy atom. The van der Waals surface area contributed by atoms with Gasteiger partial charge in [-0.15, -0.1) is 0 Å². The van der Waals surface area contributed by atoms with E-state index >= 15 is 0 Å². The number of nitrogens with zero attached hydrogens (tertiary/aromatic N) is 5. The van der Waals surface area contributed by atoms with E-state index in [1.54, 1.807) is 23.9 Å². The first-order chi connectivity index (χ1) is 18.4. The van der Waals surface area contributed by atoms with Gasteiger partial charge in [0.05, 0.1) is 0 Å². The summed E-state index contributed by atoms with van der Waals surface area (Å²) in [6.45, 7) is 5.39. The molecule has 4 heterocycles. The van der Waals surface area contributed by atoms with E-state index in [1.807, 2.05) is 36.2 Å². The number of pyridine rings is 1. The molecule has 0 spiro atoms. The molecule has 0 bridgehead atoms. The third kappa shape index (κ3) is 4.10. The second kappa shape index (κ2) is 9.59. The Morgan fingerprint density at radius 1 is 1.05 bits per heavy atom. The summed E-state index contributed by atoms with van der Waals surface area (Å²) in [5.74, 6) is 1.27. The van der Waals surface area contributed by atoms with Crippen LogP contribution in [0.3, 0.4) is 0 Å². The molecule has 8 heteroatoms. The molecule has 2 aliphatic rings. The molecule has 4 aromatic rings. The van der Waals surface area contributed by atoms with Crippen LogP contribution >= 0.6 is 0 Å². The molecule has 0 atom stereocenters. The van der Waals surface area contributed by atoms with Gasteiger partial charge in [0, 0.05) is 49.5 Å². The highest BCUT2D eigenvalue weighted by Gasteiger charge is 2.31. The van der Waals surface area contributed by atoms with Crippen molar-refractivity contribution >= 4 is 23.1 Å². The molecule has 0 fully saturated rings. The van der Waals surface area contributed by atoms with Gasteiger partial charge < -0.3 is 19.4 Å². The van der Waals surface area contributed by atoms with Crippen molar-refractivity contribution in [1.29, 1.82) is 0 Å². The molecule has 1 amide bonds. The van der Waals surface area contributed by atoms with Gasteiger partial charge in [-0.25, -0.2) is 9.97 Å². The van der Waals surface area contributed by atoms with Crippen LogP contribution in [0.4, 0.5) is 17.2 Å². The van der Waals surface area contributed by atoms with E-state index < -0.39 is 0 Å². The molecular formula is C30H32N6O2. The average molecular weight is 509 g/mol. The first kappa shape index (κ1) is 24.2. The smallest absolute Gasteiger partial charge is 0.274 e. The minimum Gasteiger partial charge on any atom is -0.339 e. The zero-order chi connectivity index (χ0) is 26.4. The van der Waals surface area contributed by atoms with E-state index in [0.717, 1.165) is 53.9 Å². The quantitative estimate of drug-likeness (QED) is 0.419. The topological polar surface area (TPSA) is 85.1 Å². The van der Waals surface area contributed by atoms with Gasteiger partial charge in [-0.2, -0.15) is 0 Å². The van der Waals surface area contributed by atoms with Crippen LogP contribution in [0.2, 0.25) is 0 Å². The maximum atomic E-state index is 13.8. The van der Waals surface area contributed by atoms with Gasteiger partial charge in [0.2, 0.25) is 0 Å². The number of fused-ring (bicyclic) bond motifs is 3. The number of carbonyl (C=O) groups excluding carboxylic acids is 1. The molecule has 0 radical (unpaired) electrons. The largest absolute Gasteiger partial charge is 0.339 e. The summed E-state index contributed by atoms with van der Waals surface area (Å²) in [6.07, 6.45) is 8.80. The average Bonchev–Trinajstić information content (AvgIpc) is 3.31. The van der Waals surface area contributed by atoms with Crippen molar-refractivity contribution in [2.75, 3.05) is 16.8 Å². The summed E-state index contributed by atoms with van der Waals surface area (Å²) >= 11 is 0. The number of aromatic nitrogens is 4. The van der Waals surface area contributed by atoms with E-state index in [9.17, 15) is 9.59 Å². The number of aryl methyl sites for hydroxylation is 3. The summed E-state index contributed by atoms with van der Waals surface area (Å²) in [5.41, 5.74) is 7.75. The fourth-order valence-corrected chi connectivity index (χ4v) is 5.95. The molecule has 194 valence electrons. The molecule has 3 aromatic heterocycles. The van der Waals surface area contributed by atoms with Gasteiger partial charge in [0.15, 0.2) is 0 Å². The summed E-state index contributed by atoms with van der Waals surface area (Å²) in [6, 6.07) is 11.8. The zero-order valence-electron chi connectivity index (χ0n) is 22.1. The highest BCUT2D eigenvalue weighted by atomic mass is 16.2. The van der Waals surface area contributed by atoms with Crippen LogP contribution in [0.25, 0.3) is 11.1 Å². The lowest BCUT2D eigenvalue weighted by atomic mass is 9.96. The minimum atomic E-state index is -0.143. The molecule has 1 aliphatic heterocycles. The van der Waals surface area contributed by atoms with Crippen molar-refractivity contribution in [3.05, 3.63) is 87.5 Å². The summed E-state index contributed by atoms with van der Waals surface area (Å²) in [4.78, 5) is 37.2. The Morgan fingerprint density at radius 3 is 2.71 bits per heavy atom. The standard InChI is InChI=1S/C30H32N6O2/c1-4-22-23(21-16-24(29(37)34(3)18-21)33-28-12-13-31-19(2)32-28)9-7-11-26(22)36-15-14-35-25-10-6-5-8-20(25)17-27(35)30(36)38/h7,9,11-13,16-18H,4-6,8,10,14-15H2,1-3H3,(H,31,32,33). The normalized spacial score (nSPS) is 14.8. The molecule has 0 saturated carbocycles. The molecule has 6 rings (SSSR count). The van der Waals surface area contributed by atoms with Gasteiger partial charge >= 0.3 is 0 Å². The molecule has 0 unspecified atom stereocenters. The predicted molar refractivity (Wildman–Crippen MR) is 149 cm³/mol. The highest BCUT2D eigenvalue weighted by molar-refractivity contribution is 6.07. The first-order valence-electron chi connectivity index (χ1n) is 13.4. The van der Waals surface area contributed by atoms with Gasteiger partial charge in [-0.1, -0.05) is 19.1 Å². The summed E-state index contributed by atoms with van der Waals surface area (Å²) < 4.78 is 3.84. The van der Waals surface area contributed by atoms with Crippen LogP contribution in [0, 0.1) is 6.92 Å². The molecule has 1 aromatic carbocycles. The second-order valence-corrected chi connectivity index (χ2v) is 10.1. The van der Waals surface area contributed by atoms with E-state index in [1.165, 1.54) is 24.1 Å². The van der Waals surface area contributed by atoms with E-state index in [0.29, 0.717) is 23.9 Å². The summed E-state index contributed by atoms with van der Waals surface area (Å²) in [5, 5.41) is 3.17. The van der Waals surface area contributed by atoms with Gasteiger partial charge in [-0.3, -0.25) is 9.59 Å². The Kier molecular flexibility index (Phi) is 6.10. The lowest BCUT2D eigenvalue weighted by Gasteiger charge is -2.32. The van der Waals surface area contributed by atoms with Crippen molar-refractivity contribution in [3.63, 3.8) is 0 Å². The van der Waals surface area contributed by atoms with Crippen LogP contribution in [-0.4, -0.2) is 31.6 Å². The van der Waals surface area contributed by atoms with Gasteiger partial charge in [-0.05, 0) is 80.0 Å². The first-order valence-corrected chi connectivity index (χ1v) is 13.4. The maximum Gasteiger partial charge on any atom is 0.274 e. The third-order valence-electron chi connectivity index (χ3n) is 7.75. The van der Waals surface area contributed by atoms with E-state index in [4.69, 9.17) is 0 Å².